The van der Waals surface area contributed by atoms with E-state index < -0.39 is 0 Å². The fraction of sp³-hybridized carbons (Fsp3) is 0.588. The molecule has 0 aliphatic rings. The molecule has 0 aliphatic heterocycles. The van der Waals surface area contributed by atoms with Crippen molar-refractivity contribution in [2.75, 3.05) is 14.1 Å². The van der Waals surface area contributed by atoms with Crippen LogP contribution in [0.1, 0.15) is 56.9 Å². The van der Waals surface area contributed by atoms with Crippen LogP contribution in [0.2, 0.25) is 0 Å². The monoisotopic (exact) mass is 308 g/mol. The molecule has 22 heavy (non-hydrogen) atoms. The summed E-state index contributed by atoms with van der Waals surface area (Å²) >= 11 is 0. The average molecular weight is 308 g/mol. The minimum atomic E-state index is -0.124. The van der Waals surface area contributed by atoms with Gasteiger partial charge in [0.05, 0.1) is 11.0 Å². The molecular weight excluding hydrogens is 276 g/mol. The maximum Gasteiger partial charge on any atom is 0.323 e. The zero-order valence-electron chi connectivity index (χ0n) is 13.4. The Kier molecular flexibility index (Phi) is 9.33. The molecule has 2 N–H and O–H groups in total. The van der Waals surface area contributed by atoms with Gasteiger partial charge in [0.15, 0.2) is 0 Å². The van der Waals surface area contributed by atoms with Crippen LogP contribution in [0.3, 0.4) is 0 Å². The molecule has 5 heteroatoms. The minimum absolute atomic E-state index is 0. The summed E-state index contributed by atoms with van der Waals surface area (Å²) in [4.78, 5) is 17.1. The molecule has 2 aromatic rings. The lowest BCUT2D eigenvalue weighted by Gasteiger charge is -2.16. The summed E-state index contributed by atoms with van der Waals surface area (Å²) in [6.07, 6.45) is 0. The van der Waals surface area contributed by atoms with E-state index in [-0.39, 0.29) is 20.5 Å². The van der Waals surface area contributed by atoms with Gasteiger partial charge in [-0.2, -0.15) is 10.2 Å². The lowest BCUT2D eigenvalue weighted by Crippen LogP contribution is -2.00. The van der Waals surface area contributed by atoms with E-state index in [1.807, 2.05) is 0 Å². The van der Waals surface area contributed by atoms with Crippen LogP contribution in [0.25, 0.3) is 11.0 Å². The number of hydrogen-bond donors (Lipinski definition) is 2. The van der Waals surface area contributed by atoms with Gasteiger partial charge in [-0.25, -0.2) is 4.79 Å². The number of aryl methyl sites for hydroxylation is 2. The summed E-state index contributed by atoms with van der Waals surface area (Å²) in [6, 6.07) is 0. The van der Waals surface area contributed by atoms with Crippen LogP contribution >= 0.6 is 0 Å². The fourth-order valence-corrected chi connectivity index (χ4v) is 2.62. The van der Waals surface area contributed by atoms with Crippen molar-refractivity contribution in [3.05, 3.63) is 32.7 Å². The van der Waals surface area contributed by atoms with Gasteiger partial charge in [-0.15, -0.1) is 0 Å². The molecule has 0 spiro atoms. The van der Waals surface area contributed by atoms with E-state index in [0.717, 1.165) is 11.0 Å². The van der Waals surface area contributed by atoms with Gasteiger partial charge in [0.25, 0.3) is 0 Å². The van der Waals surface area contributed by atoms with Crippen molar-refractivity contribution < 1.29 is 0 Å². The van der Waals surface area contributed by atoms with Crippen LogP contribution in [0.15, 0.2) is 15.0 Å². The number of hydrogen-bond acceptors (Lipinski definition) is 3. The SMILES string of the molecule is C.C.CN=NC.Cc1c(C(C)C)c(C)c2[nH]c(=O)[nH]c2c1C. The van der Waals surface area contributed by atoms with Crippen molar-refractivity contribution in [2.45, 2.75) is 55.4 Å². The summed E-state index contributed by atoms with van der Waals surface area (Å²) < 4.78 is 0. The van der Waals surface area contributed by atoms with Crippen LogP contribution in [0.4, 0.5) is 0 Å². The molecule has 1 heterocycles. The van der Waals surface area contributed by atoms with Crippen molar-refractivity contribution >= 4 is 11.0 Å². The molecule has 0 bridgehead atoms. The number of nitrogens with one attached hydrogen (secondary N) is 2. The molecule has 0 amide bonds. The maximum absolute atomic E-state index is 11.4. The third kappa shape index (κ3) is 4.29. The van der Waals surface area contributed by atoms with Gasteiger partial charge < -0.3 is 9.97 Å². The van der Waals surface area contributed by atoms with Gasteiger partial charge in [-0.05, 0) is 48.9 Å². The first-order valence-electron chi connectivity index (χ1n) is 6.74. The van der Waals surface area contributed by atoms with Gasteiger partial charge >= 0.3 is 5.69 Å². The molecule has 0 saturated heterocycles. The molecule has 1 aromatic heterocycles. The molecule has 126 valence electrons. The highest BCUT2D eigenvalue weighted by Gasteiger charge is 2.15. The van der Waals surface area contributed by atoms with Crippen LogP contribution in [-0.2, 0) is 0 Å². The number of aromatic nitrogens is 2. The lowest BCUT2D eigenvalue weighted by atomic mass is 9.89. The van der Waals surface area contributed by atoms with Crippen LogP contribution in [0, 0.1) is 20.8 Å². The number of azo groups is 1. The molecule has 0 atom stereocenters. The summed E-state index contributed by atoms with van der Waals surface area (Å²) in [5.74, 6) is 0.474. The van der Waals surface area contributed by atoms with E-state index in [4.69, 9.17) is 0 Å². The number of aromatic amines is 2. The van der Waals surface area contributed by atoms with E-state index in [0.29, 0.717) is 5.92 Å². The van der Waals surface area contributed by atoms with Crippen molar-refractivity contribution in [1.82, 2.24) is 9.97 Å². The second-order valence-electron chi connectivity index (χ2n) is 5.17. The highest BCUT2D eigenvalue weighted by molar-refractivity contribution is 5.84. The molecule has 0 unspecified atom stereocenters. The fourth-order valence-electron chi connectivity index (χ4n) is 2.62. The topological polar surface area (TPSA) is 73.4 Å². The highest BCUT2D eigenvalue weighted by Crippen LogP contribution is 2.31. The van der Waals surface area contributed by atoms with E-state index in [1.165, 1.54) is 22.3 Å². The molecular formula is C17H32N4O. The molecule has 1 aromatic carbocycles. The number of imidazole rings is 1. The first kappa shape index (κ1) is 22.4. The normalized spacial score (nSPS) is 10.2. The van der Waals surface area contributed by atoms with E-state index >= 15 is 0 Å². The minimum Gasteiger partial charge on any atom is -0.305 e. The molecule has 5 nitrogen and oxygen atoms in total. The summed E-state index contributed by atoms with van der Waals surface area (Å²) in [5, 5.41) is 6.72. The molecule has 0 radical (unpaired) electrons. The Morgan fingerprint density at radius 2 is 1.23 bits per heavy atom. The number of fused-ring (bicyclic) bond motifs is 1. The van der Waals surface area contributed by atoms with Crippen molar-refractivity contribution in [1.29, 1.82) is 0 Å². The third-order valence-corrected chi connectivity index (χ3v) is 3.62. The van der Waals surface area contributed by atoms with Gasteiger partial charge in [0, 0.05) is 14.1 Å². The smallest absolute Gasteiger partial charge is 0.305 e. The largest absolute Gasteiger partial charge is 0.323 e. The highest BCUT2D eigenvalue weighted by atomic mass is 16.1. The van der Waals surface area contributed by atoms with Gasteiger partial charge in [0.2, 0.25) is 0 Å². The number of rotatable bonds is 1. The number of H-pyrrole nitrogens is 2. The van der Waals surface area contributed by atoms with Crippen molar-refractivity contribution in [3.63, 3.8) is 0 Å². The van der Waals surface area contributed by atoms with Gasteiger partial charge in [-0.1, -0.05) is 28.7 Å². The predicted octanol–water partition coefficient (Wildman–Crippen LogP) is 4.88. The Labute approximate surface area is 134 Å². The maximum atomic E-state index is 11.4. The van der Waals surface area contributed by atoms with Gasteiger partial charge in [0.1, 0.15) is 0 Å². The Morgan fingerprint density at radius 1 is 0.818 bits per heavy atom. The van der Waals surface area contributed by atoms with Crippen molar-refractivity contribution in [3.8, 4) is 0 Å². The molecule has 2 rings (SSSR count). The van der Waals surface area contributed by atoms with Crippen LogP contribution < -0.4 is 5.69 Å². The standard InChI is InChI=1S/C13H18N2O.C2H6N2.2CH4/c1-6(2)10-7(3)8(4)11-12(9(10)5)15-13(16)14-11;1-3-4-2;;/h6H,1-5H3,(H2,14,15,16);1-2H3;2*1H4. The van der Waals surface area contributed by atoms with E-state index in [2.05, 4.69) is 54.8 Å². The first-order valence-corrected chi connectivity index (χ1v) is 6.74. The quantitative estimate of drug-likeness (QED) is 0.724. The van der Waals surface area contributed by atoms with Crippen LogP contribution in [0.5, 0.6) is 0 Å². The Hall–Kier alpha value is -1.91. The number of nitrogens with zero attached hydrogens (tertiary/aromatic N) is 2. The summed E-state index contributed by atoms with van der Waals surface area (Å²) in [7, 11) is 3.28. The molecule has 0 fully saturated rings. The average Bonchev–Trinajstić information content (AvgIpc) is 2.79. The van der Waals surface area contributed by atoms with Crippen LogP contribution in [-0.4, -0.2) is 24.1 Å². The van der Waals surface area contributed by atoms with E-state index in [9.17, 15) is 4.79 Å². The van der Waals surface area contributed by atoms with E-state index in [1.54, 1.807) is 14.1 Å². The zero-order valence-corrected chi connectivity index (χ0v) is 13.4. The summed E-state index contributed by atoms with van der Waals surface area (Å²) in [6.45, 7) is 10.6. The lowest BCUT2D eigenvalue weighted by molar-refractivity contribution is 0.846. The third-order valence-electron chi connectivity index (χ3n) is 3.62. The zero-order chi connectivity index (χ0) is 15.4. The molecule has 0 aliphatic carbocycles. The second-order valence-corrected chi connectivity index (χ2v) is 5.17. The number of benzene rings is 1. The van der Waals surface area contributed by atoms with Gasteiger partial charge in [-0.3, -0.25) is 0 Å². The summed E-state index contributed by atoms with van der Waals surface area (Å²) in [5.41, 5.74) is 6.77. The predicted molar refractivity (Wildman–Crippen MR) is 97.4 cm³/mol. The Bertz CT molecular complexity index is 674. The Balaban J connectivity index is 0. The second kappa shape index (κ2) is 9.18. The molecule has 0 saturated carbocycles. The Morgan fingerprint density at radius 3 is 1.59 bits per heavy atom. The first-order chi connectivity index (χ1) is 9.34. The van der Waals surface area contributed by atoms with Crippen molar-refractivity contribution in [2.24, 2.45) is 10.2 Å².